The average Bonchev–Trinajstić information content (AvgIpc) is 2.01. The molecule has 56 valence electrons. The Morgan fingerprint density at radius 2 is 0.800 bits per heavy atom. The van der Waals surface area contributed by atoms with Gasteiger partial charge < -0.3 is 0 Å². The highest BCUT2D eigenvalue weighted by Crippen LogP contribution is 2.05. The van der Waals surface area contributed by atoms with Crippen molar-refractivity contribution in [1.82, 2.24) is 0 Å². The molecule has 0 nitrogen and oxygen atoms in total. The Morgan fingerprint density at radius 3 is 1.10 bits per heavy atom. The monoisotopic (exact) mass is 136 g/mol. The van der Waals surface area contributed by atoms with Crippen molar-refractivity contribution in [2.45, 2.75) is 38.5 Å². The van der Waals surface area contributed by atoms with Gasteiger partial charge in [0.1, 0.15) is 0 Å². The lowest BCUT2D eigenvalue weighted by atomic mass is 10.1. The van der Waals surface area contributed by atoms with Crippen LogP contribution in [0, 0.1) is 0 Å². The first-order valence-corrected chi connectivity index (χ1v) is 4.30. The van der Waals surface area contributed by atoms with E-state index in [1.807, 2.05) is 0 Å². The van der Waals surface area contributed by atoms with E-state index in [1.165, 1.54) is 38.5 Å². The van der Waals surface area contributed by atoms with Gasteiger partial charge in [0.15, 0.2) is 0 Å². The quantitative estimate of drug-likeness (QED) is 0.447. The molecule has 0 fully saturated rings. The Morgan fingerprint density at radius 1 is 0.500 bits per heavy atom. The van der Waals surface area contributed by atoms with Gasteiger partial charge in [-0.2, -0.15) is 0 Å². The lowest BCUT2D eigenvalue weighted by Gasteiger charge is -1.95. The zero-order chi connectivity index (χ0) is 7.07. The molecule has 0 heterocycles. The predicted octanol–water partition coefficient (Wildman–Crippen LogP) is 3.45. The third-order valence-corrected chi connectivity index (χ3v) is 1.82. The van der Waals surface area contributed by atoms with Gasteiger partial charge in [0.05, 0.1) is 0 Å². The molecule has 0 radical (unpaired) electrons. The number of hydrogen-bond donors (Lipinski definition) is 0. The molecule has 0 aromatic carbocycles. The van der Waals surface area contributed by atoms with Crippen LogP contribution in [0.25, 0.3) is 0 Å². The summed E-state index contributed by atoms with van der Waals surface area (Å²) >= 11 is 0. The van der Waals surface area contributed by atoms with E-state index in [4.69, 9.17) is 0 Å². The zero-order valence-corrected chi connectivity index (χ0v) is 6.55. The lowest BCUT2D eigenvalue weighted by molar-refractivity contribution is 0.816. The van der Waals surface area contributed by atoms with Crippen LogP contribution in [0.3, 0.4) is 0 Å². The number of hydrogen-bond acceptors (Lipinski definition) is 0. The van der Waals surface area contributed by atoms with Gasteiger partial charge in [0, 0.05) is 0 Å². The van der Waals surface area contributed by atoms with E-state index in [2.05, 4.69) is 24.3 Å². The summed E-state index contributed by atoms with van der Waals surface area (Å²) in [6.45, 7) is 0. The van der Waals surface area contributed by atoms with E-state index in [0.29, 0.717) is 0 Å². The second-order valence-electron chi connectivity index (χ2n) is 2.80. The van der Waals surface area contributed by atoms with Gasteiger partial charge in [-0.15, -0.1) is 0 Å². The fourth-order valence-corrected chi connectivity index (χ4v) is 1.18. The third-order valence-electron chi connectivity index (χ3n) is 1.82. The molecule has 0 spiro atoms. The summed E-state index contributed by atoms with van der Waals surface area (Å²) in [6.07, 6.45) is 17.0. The maximum absolute atomic E-state index is 2.32. The first kappa shape index (κ1) is 7.59. The molecule has 0 heteroatoms. The Balaban J connectivity index is 2.22. The minimum absolute atomic E-state index is 1.27. The number of allylic oxidation sites excluding steroid dienone is 4. The highest BCUT2D eigenvalue weighted by Gasteiger charge is 1.85. The topological polar surface area (TPSA) is 0 Å². The van der Waals surface area contributed by atoms with Gasteiger partial charge in [-0.25, -0.2) is 0 Å². The van der Waals surface area contributed by atoms with Crippen molar-refractivity contribution in [1.29, 1.82) is 0 Å². The van der Waals surface area contributed by atoms with E-state index < -0.39 is 0 Å². The summed E-state index contributed by atoms with van der Waals surface area (Å²) in [5.41, 5.74) is 0. The van der Waals surface area contributed by atoms with Gasteiger partial charge in [0.2, 0.25) is 0 Å². The van der Waals surface area contributed by atoms with Crippen LogP contribution >= 0.6 is 0 Å². The summed E-state index contributed by atoms with van der Waals surface area (Å²) in [5, 5.41) is 0. The Labute approximate surface area is 63.6 Å². The largest absolute Gasteiger partial charge is 0.0885 e. The molecule has 0 saturated heterocycles. The van der Waals surface area contributed by atoms with Crippen molar-refractivity contribution in [3.05, 3.63) is 24.3 Å². The standard InChI is InChI=1S/C10H16/c1-2-4-6-8-10-9-7-5-3-1/h1-2,9-10H,3-8H2/b2-1+,10-9?. The van der Waals surface area contributed by atoms with Crippen LogP contribution in [0.1, 0.15) is 38.5 Å². The SMILES string of the molecule is C1=CCCC/C=C/CCC1. The Bertz CT molecular complexity index is 92.0. The molecule has 0 aliphatic heterocycles. The zero-order valence-electron chi connectivity index (χ0n) is 6.55. The fourth-order valence-electron chi connectivity index (χ4n) is 1.18. The molecular weight excluding hydrogens is 120 g/mol. The molecule has 1 aliphatic carbocycles. The molecule has 1 rings (SSSR count). The molecule has 0 amide bonds. The smallest absolute Gasteiger partial charge is 0.0348 e. The van der Waals surface area contributed by atoms with Crippen LogP contribution in [0.15, 0.2) is 24.3 Å². The molecule has 0 atom stereocenters. The van der Waals surface area contributed by atoms with Gasteiger partial charge in [-0.3, -0.25) is 0 Å². The van der Waals surface area contributed by atoms with Gasteiger partial charge >= 0.3 is 0 Å². The van der Waals surface area contributed by atoms with E-state index in [0.717, 1.165) is 0 Å². The van der Waals surface area contributed by atoms with E-state index in [-0.39, 0.29) is 0 Å². The molecular formula is C10H16. The van der Waals surface area contributed by atoms with Crippen LogP contribution in [0.5, 0.6) is 0 Å². The normalized spacial score (nSPS) is 24.0. The van der Waals surface area contributed by atoms with Crippen molar-refractivity contribution < 1.29 is 0 Å². The van der Waals surface area contributed by atoms with Gasteiger partial charge in [0.25, 0.3) is 0 Å². The molecule has 0 bridgehead atoms. The highest BCUT2D eigenvalue weighted by molar-refractivity contribution is 4.88. The first-order chi connectivity index (χ1) is 5.00. The van der Waals surface area contributed by atoms with Crippen LogP contribution < -0.4 is 0 Å². The second kappa shape index (κ2) is 5.28. The van der Waals surface area contributed by atoms with E-state index in [1.54, 1.807) is 0 Å². The molecule has 10 heavy (non-hydrogen) atoms. The maximum Gasteiger partial charge on any atom is -0.0348 e. The molecule has 0 aromatic rings. The number of rotatable bonds is 0. The van der Waals surface area contributed by atoms with Crippen LogP contribution in [-0.4, -0.2) is 0 Å². The molecule has 0 saturated carbocycles. The summed E-state index contributed by atoms with van der Waals surface area (Å²) in [5.74, 6) is 0. The van der Waals surface area contributed by atoms with E-state index in [9.17, 15) is 0 Å². The minimum Gasteiger partial charge on any atom is -0.0885 e. The third kappa shape index (κ3) is 3.49. The molecule has 1 aliphatic rings. The van der Waals surface area contributed by atoms with Crippen molar-refractivity contribution >= 4 is 0 Å². The van der Waals surface area contributed by atoms with Crippen molar-refractivity contribution in [2.24, 2.45) is 0 Å². The van der Waals surface area contributed by atoms with E-state index >= 15 is 0 Å². The van der Waals surface area contributed by atoms with Crippen molar-refractivity contribution in [3.8, 4) is 0 Å². The minimum atomic E-state index is 1.27. The lowest BCUT2D eigenvalue weighted by Crippen LogP contribution is -1.75. The first-order valence-electron chi connectivity index (χ1n) is 4.30. The van der Waals surface area contributed by atoms with Crippen molar-refractivity contribution in [2.75, 3.05) is 0 Å². The summed E-state index contributed by atoms with van der Waals surface area (Å²) < 4.78 is 0. The van der Waals surface area contributed by atoms with Crippen LogP contribution in [0.2, 0.25) is 0 Å². The molecule has 0 unspecified atom stereocenters. The Kier molecular flexibility index (Phi) is 4.00. The fraction of sp³-hybridized carbons (Fsp3) is 0.600. The Hall–Kier alpha value is -0.520. The van der Waals surface area contributed by atoms with Crippen molar-refractivity contribution in [3.63, 3.8) is 0 Å². The summed E-state index contributed by atoms with van der Waals surface area (Å²) in [7, 11) is 0. The highest BCUT2D eigenvalue weighted by atomic mass is 13.9. The maximum atomic E-state index is 2.32. The second-order valence-corrected chi connectivity index (χ2v) is 2.80. The molecule has 0 aromatic heterocycles. The van der Waals surface area contributed by atoms with Gasteiger partial charge in [-0.1, -0.05) is 24.3 Å². The summed E-state index contributed by atoms with van der Waals surface area (Å²) in [6, 6.07) is 0. The van der Waals surface area contributed by atoms with Crippen LogP contribution in [0.4, 0.5) is 0 Å². The van der Waals surface area contributed by atoms with Gasteiger partial charge in [-0.05, 0) is 38.5 Å². The predicted molar refractivity (Wildman–Crippen MR) is 46.0 cm³/mol. The summed E-state index contributed by atoms with van der Waals surface area (Å²) in [4.78, 5) is 0. The average molecular weight is 136 g/mol. The molecule has 0 N–H and O–H groups in total. The van der Waals surface area contributed by atoms with Crippen LogP contribution in [-0.2, 0) is 0 Å².